The van der Waals surface area contributed by atoms with E-state index in [1.165, 1.54) is 0 Å². The van der Waals surface area contributed by atoms with Gasteiger partial charge >= 0.3 is 0 Å². The van der Waals surface area contributed by atoms with Crippen LogP contribution in [0.4, 0.5) is 5.13 Å². The lowest BCUT2D eigenvalue weighted by Crippen LogP contribution is -2.52. The molecule has 1 unspecified atom stereocenters. The molecule has 3 aliphatic rings. The molecule has 2 aromatic rings. The Morgan fingerprint density at radius 2 is 1.91 bits per heavy atom. The number of methoxy groups -OCH3 is 1. The molecule has 3 saturated heterocycles. The van der Waals surface area contributed by atoms with Crippen LogP contribution in [-0.2, 0) is 23.8 Å². The zero-order chi connectivity index (χ0) is 30.5. The first kappa shape index (κ1) is 31.5. The van der Waals surface area contributed by atoms with Crippen LogP contribution in [0.3, 0.4) is 0 Å². The summed E-state index contributed by atoms with van der Waals surface area (Å²) in [4.78, 5) is 50.8. The number of likely N-dealkylation sites (tertiary alicyclic amines) is 1. The number of Topliss-reactive ketones (excluding diaryl/α,β-unsaturated/α-hetero) is 1. The molecule has 0 bridgehead atoms. The number of carbonyl (C=O) groups is 3. The van der Waals surface area contributed by atoms with Crippen molar-refractivity contribution >= 4 is 34.1 Å². The zero-order valence-electron chi connectivity index (χ0n) is 25.5. The first-order chi connectivity index (χ1) is 20.8. The number of amides is 2. The van der Waals surface area contributed by atoms with Crippen LogP contribution in [0.25, 0.3) is 11.3 Å². The highest BCUT2D eigenvalue weighted by Gasteiger charge is 2.53. The predicted molar refractivity (Wildman–Crippen MR) is 164 cm³/mol. The number of rotatable bonds is 12. The molecule has 0 spiro atoms. The van der Waals surface area contributed by atoms with E-state index < -0.39 is 18.2 Å². The van der Waals surface area contributed by atoms with Gasteiger partial charge in [-0.05, 0) is 31.4 Å². The van der Waals surface area contributed by atoms with Crippen LogP contribution in [0.1, 0.15) is 37.6 Å². The summed E-state index contributed by atoms with van der Waals surface area (Å²) in [6, 6.07) is 5.88. The number of anilines is 1. The second-order valence-corrected chi connectivity index (χ2v) is 12.6. The molecule has 12 heteroatoms. The van der Waals surface area contributed by atoms with Gasteiger partial charge in [-0.25, -0.2) is 4.98 Å². The second kappa shape index (κ2) is 14.3. The maximum Gasteiger partial charge on any atom is 0.251 e. The van der Waals surface area contributed by atoms with Crippen LogP contribution in [0.2, 0.25) is 0 Å². The normalized spacial score (nSPS) is 23.2. The van der Waals surface area contributed by atoms with Gasteiger partial charge in [0.15, 0.2) is 10.9 Å². The van der Waals surface area contributed by atoms with Crippen LogP contribution in [0.15, 0.2) is 29.6 Å². The topological polar surface area (TPSA) is 114 Å². The van der Waals surface area contributed by atoms with Gasteiger partial charge in [0.2, 0.25) is 5.91 Å². The zero-order valence-corrected chi connectivity index (χ0v) is 26.3. The average molecular weight is 614 g/mol. The summed E-state index contributed by atoms with van der Waals surface area (Å²) in [7, 11) is 1.73. The molecule has 0 saturated carbocycles. The molecule has 43 heavy (non-hydrogen) atoms. The first-order valence-corrected chi connectivity index (χ1v) is 16.1. The van der Waals surface area contributed by atoms with Gasteiger partial charge in [0.05, 0.1) is 18.8 Å². The van der Waals surface area contributed by atoms with Crippen molar-refractivity contribution in [1.29, 1.82) is 0 Å². The van der Waals surface area contributed by atoms with E-state index in [0.29, 0.717) is 18.6 Å². The number of thiazole rings is 1. The third-order valence-electron chi connectivity index (χ3n) is 8.30. The van der Waals surface area contributed by atoms with E-state index in [0.717, 1.165) is 55.7 Å². The Bertz CT molecular complexity index is 1260. The number of nitrogens with one attached hydrogen (secondary N) is 1. The second-order valence-electron chi connectivity index (χ2n) is 11.7. The van der Waals surface area contributed by atoms with Crippen molar-refractivity contribution in [2.75, 3.05) is 71.1 Å². The lowest BCUT2D eigenvalue weighted by atomic mass is 10.0. The first-order valence-electron chi connectivity index (χ1n) is 15.2. The smallest absolute Gasteiger partial charge is 0.251 e. The molecule has 5 rings (SSSR count). The number of carbonyl (C=O) groups excluding carboxylic acids is 3. The Morgan fingerprint density at radius 1 is 1.16 bits per heavy atom. The standard InChI is InChI=1S/C31H43N5O6S/c1-5-41-26-17-36(27-25(37)18-42-28(26)27)30(39)23(16-20(2)3)32-29(38)22-8-6-21(7-9-22)24-19-43-31(33-24)35-12-10-34(11-13-35)14-15-40-4/h6-9,19-20,23,26-28H,5,10-18H2,1-4H3,(H,32,38)/t23?,26-,27+,28+/m0/s1. The Kier molecular flexibility index (Phi) is 10.5. The van der Waals surface area contributed by atoms with Crippen LogP contribution < -0.4 is 10.2 Å². The van der Waals surface area contributed by atoms with Gasteiger partial charge in [-0.2, -0.15) is 0 Å². The van der Waals surface area contributed by atoms with Gasteiger partial charge in [-0.3, -0.25) is 19.3 Å². The maximum absolute atomic E-state index is 13.8. The highest BCUT2D eigenvalue weighted by molar-refractivity contribution is 7.14. The molecule has 2 amide bonds. The van der Waals surface area contributed by atoms with E-state index in [1.807, 2.05) is 38.3 Å². The highest BCUT2D eigenvalue weighted by atomic mass is 32.1. The Labute approximate surface area is 257 Å². The van der Waals surface area contributed by atoms with Crippen molar-refractivity contribution in [1.82, 2.24) is 20.1 Å². The minimum Gasteiger partial charge on any atom is -0.383 e. The average Bonchev–Trinajstić information content (AvgIpc) is 3.74. The number of hydrogen-bond acceptors (Lipinski definition) is 10. The fourth-order valence-corrected chi connectivity index (χ4v) is 6.94. The summed E-state index contributed by atoms with van der Waals surface area (Å²) in [5, 5.41) is 6.00. The number of fused-ring (bicyclic) bond motifs is 1. The molecule has 3 aliphatic heterocycles. The number of ether oxygens (including phenoxy) is 3. The number of benzene rings is 1. The summed E-state index contributed by atoms with van der Waals surface area (Å²) in [5.74, 6) is -0.577. The lowest BCUT2D eigenvalue weighted by molar-refractivity contribution is -0.138. The molecule has 0 aliphatic carbocycles. The van der Waals surface area contributed by atoms with Gasteiger partial charge in [0.25, 0.3) is 5.91 Å². The minimum atomic E-state index is -0.766. The summed E-state index contributed by atoms with van der Waals surface area (Å²) >= 11 is 1.63. The number of hydrogen-bond donors (Lipinski definition) is 1. The Hall–Kier alpha value is -2.90. The number of piperazine rings is 1. The van der Waals surface area contributed by atoms with E-state index in [1.54, 1.807) is 35.5 Å². The molecule has 4 atom stereocenters. The van der Waals surface area contributed by atoms with Crippen molar-refractivity contribution in [3.63, 3.8) is 0 Å². The largest absolute Gasteiger partial charge is 0.383 e. The van der Waals surface area contributed by atoms with E-state index >= 15 is 0 Å². The van der Waals surface area contributed by atoms with Crippen molar-refractivity contribution < 1.29 is 28.6 Å². The fraction of sp³-hybridized carbons (Fsp3) is 0.613. The van der Waals surface area contributed by atoms with E-state index in [-0.39, 0.29) is 42.8 Å². The van der Waals surface area contributed by atoms with Gasteiger partial charge < -0.3 is 29.3 Å². The van der Waals surface area contributed by atoms with Crippen LogP contribution in [0, 0.1) is 5.92 Å². The lowest BCUT2D eigenvalue weighted by Gasteiger charge is -2.34. The molecule has 1 aromatic heterocycles. The fourth-order valence-electron chi connectivity index (χ4n) is 6.05. The number of ketones is 1. The molecule has 234 valence electrons. The van der Waals surface area contributed by atoms with E-state index in [2.05, 4.69) is 15.1 Å². The molecular formula is C31H43N5O6S. The molecule has 11 nitrogen and oxygen atoms in total. The quantitative estimate of drug-likeness (QED) is 0.385. The molecule has 1 aromatic carbocycles. The van der Waals surface area contributed by atoms with Crippen molar-refractivity contribution in [3.8, 4) is 11.3 Å². The summed E-state index contributed by atoms with van der Waals surface area (Å²) in [5.41, 5.74) is 2.26. The third-order valence-corrected chi connectivity index (χ3v) is 9.20. The van der Waals surface area contributed by atoms with Gasteiger partial charge in [-0.1, -0.05) is 26.0 Å². The highest BCUT2D eigenvalue weighted by Crippen LogP contribution is 2.31. The monoisotopic (exact) mass is 613 g/mol. The van der Waals surface area contributed by atoms with Gasteiger partial charge in [-0.15, -0.1) is 11.3 Å². The summed E-state index contributed by atoms with van der Waals surface area (Å²) in [6.07, 6.45) is -0.367. The van der Waals surface area contributed by atoms with Crippen LogP contribution in [-0.4, -0.2) is 123 Å². The van der Waals surface area contributed by atoms with E-state index in [4.69, 9.17) is 19.2 Å². The molecule has 0 radical (unpaired) electrons. The maximum atomic E-state index is 13.8. The van der Waals surface area contributed by atoms with Crippen molar-refractivity contribution in [3.05, 3.63) is 35.2 Å². The number of aromatic nitrogens is 1. The summed E-state index contributed by atoms with van der Waals surface area (Å²) in [6.45, 7) is 12.1. The van der Waals surface area contributed by atoms with Crippen molar-refractivity contribution in [2.24, 2.45) is 5.92 Å². The molecule has 4 heterocycles. The van der Waals surface area contributed by atoms with Crippen molar-refractivity contribution in [2.45, 2.75) is 51.5 Å². The Morgan fingerprint density at radius 3 is 2.58 bits per heavy atom. The van der Waals surface area contributed by atoms with Crippen LogP contribution >= 0.6 is 11.3 Å². The molecule has 3 fully saturated rings. The predicted octanol–water partition coefficient (Wildman–Crippen LogP) is 2.31. The van der Waals surface area contributed by atoms with E-state index in [9.17, 15) is 14.4 Å². The SMILES string of the molecule is CCO[C@H]1CN(C(=O)C(CC(C)C)NC(=O)c2ccc(-c3csc(N4CCN(CCOC)CC4)n3)cc2)[C@@H]2C(=O)CO[C@H]12. The van der Waals surface area contributed by atoms with Gasteiger partial charge in [0.1, 0.15) is 30.9 Å². The third kappa shape index (κ3) is 7.26. The molecule has 1 N–H and O–H groups in total. The minimum absolute atomic E-state index is 0.0256. The van der Waals surface area contributed by atoms with Gasteiger partial charge in [0, 0.05) is 62.9 Å². The Balaban J connectivity index is 1.22. The van der Waals surface area contributed by atoms with Crippen LogP contribution in [0.5, 0.6) is 0 Å². The molecular weight excluding hydrogens is 570 g/mol. The number of nitrogens with zero attached hydrogens (tertiary/aromatic N) is 4. The summed E-state index contributed by atoms with van der Waals surface area (Å²) < 4.78 is 16.7.